The third-order valence-corrected chi connectivity index (χ3v) is 3.18. The molecule has 96 valence electrons. The quantitative estimate of drug-likeness (QED) is 0.877. The van der Waals surface area contributed by atoms with Crippen LogP contribution in [0.2, 0.25) is 0 Å². The third kappa shape index (κ3) is 3.19. The molecule has 1 rings (SSSR count). The molecule has 1 aromatic heterocycles. The van der Waals surface area contributed by atoms with Gasteiger partial charge in [-0.25, -0.2) is 0 Å². The van der Waals surface area contributed by atoms with E-state index in [0.29, 0.717) is 6.42 Å². The van der Waals surface area contributed by atoms with E-state index in [1.54, 1.807) is 12.1 Å². The summed E-state index contributed by atoms with van der Waals surface area (Å²) in [5, 5.41) is 9.22. The number of rotatable bonds is 3. The predicted octanol–water partition coefficient (Wildman–Crippen LogP) is 2.43. The highest BCUT2D eigenvalue weighted by Gasteiger charge is 2.27. The van der Waals surface area contributed by atoms with E-state index in [1.807, 2.05) is 13.8 Å². The number of hydrogen-bond donors (Lipinski definition) is 1. The summed E-state index contributed by atoms with van der Waals surface area (Å²) in [7, 11) is 0. The van der Waals surface area contributed by atoms with Crippen molar-refractivity contribution in [2.24, 2.45) is 5.41 Å². The Morgan fingerprint density at radius 3 is 2.06 bits per heavy atom. The molecule has 0 aliphatic heterocycles. The maximum Gasteiger partial charge on any atom is 0.182 e. The van der Waals surface area contributed by atoms with E-state index in [9.17, 15) is 9.90 Å². The van der Waals surface area contributed by atoms with Crippen molar-refractivity contribution in [3.05, 3.63) is 33.7 Å². The van der Waals surface area contributed by atoms with Crippen LogP contribution in [-0.2, 0) is 0 Å². The number of nitrogens with zero attached hydrogens (tertiary/aromatic N) is 1. The van der Waals surface area contributed by atoms with Crippen molar-refractivity contribution in [3.8, 4) is 0 Å². The van der Waals surface area contributed by atoms with Crippen molar-refractivity contribution < 1.29 is 5.11 Å². The Bertz CT molecular complexity index is 414. The molecule has 0 aliphatic rings. The highest BCUT2D eigenvalue weighted by Crippen LogP contribution is 2.34. The molecule has 17 heavy (non-hydrogen) atoms. The summed E-state index contributed by atoms with van der Waals surface area (Å²) in [6, 6.07) is 3.51. The molecule has 0 saturated carbocycles. The molecule has 1 N–H and O–H groups in total. The van der Waals surface area contributed by atoms with Crippen molar-refractivity contribution in [2.75, 3.05) is 6.61 Å². The SMILES string of the molecule is Cc1cc(=O)cc(C)n1C(CCO)C(C)(C)C. The second-order valence-corrected chi connectivity index (χ2v) is 5.74. The fourth-order valence-corrected chi connectivity index (χ4v) is 2.43. The van der Waals surface area contributed by atoms with E-state index >= 15 is 0 Å². The zero-order chi connectivity index (χ0) is 13.2. The minimum absolute atomic E-state index is 0.0489. The fourth-order valence-electron chi connectivity index (χ4n) is 2.43. The molecule has 0 amide bonds. The largest absolute Gasteiger partial charge is 0.396 e. The number of aryl methyl sites for hydroxylation is 2. The smallest absolute Gasteiger partial charge is 0.182 e. The van der Waals surface area contributed by atoms with Gasteiger partial charge in [0.15, 0.2) is 5.43 Å². The number of aliphatic hydroxyl groups is 1. The lowest BCUT2D eigenvalue weighted by Crippen LogP contribution is -2.29. The van der Waals surface area contributed by atoms with Crippen molar-refractivity contribution in [1.82, 2.24) is 4.57 Å². The number of aromatic nitrogens is 1. The van der Waals surface area contributed by atoms with Crippen LogP contribution >= 0.6 is 0 Å². The average Bonchev–Trinajstić information content (AvgIpc) is 2.13. The normalized spacial score (nSPS) is 13.8. The Kier molecular flexibility index (Phi) is 4.15. The molecule has 1 aromatic rings. The van der Waals surface area contributed by atoms with Gasteiger partial charge in [0, 0.05) is 36.2 Å². The molecule has 0 aromatic carbocycles. The van der Waals surface area contributed by atoms with Gasteiger partial charge in [-0.15, -0.1) is 0 Å². The van der Waals surface area contributed by atoms with Crippen molar-refractivity contribution in [2.45, 2.75) is 47.1 Å². The van der Waals surface area contributed by atoms with Crippen molar-refractivity contribution in [1.29, 1.82) is 0 Å². The summed E-state index contributed by atoms with van der Waals surface area (Å²) >= 11 is 0. The van der Waals surface area contributed by atoms with Crippen LogP contribution in [-0.4, -0.2) is 16.3 Å². The maximum absolute atomic E-state index is 11.4. The molecule has 0 bridgehead atoms. The number of hydrogen-bond acceptors (Lipinski definition) is 2. The van der Waals surface area contributed by atoms with Gasteiger partial charge in [0.2, 0.25) is 0 Å². The van der Waals surface area contributed by atoms with Gasteiger partial charge in [-0.3, -0.25) is 4.79 Å². The molecule has 1 heterocycles. The van der Waals surface area contributed by atoms with Crippen LogP contribution in [0.3, 0.4) is 0 Å². The Balaban J connectivity index is 3.33. The molecule has 0 radical (unpaired) electrons. The van der Waals surface area contributed by atoms with Crippen LogP contribution in [0.5, 0.6) is 0 Å². The summed E-state index contributed by atoms with van der Waals surface area (Å²) in [6.45, 7) is 10.5. The topological polar surface area (TPSA) is 42.2 Å². The van der Waals surface area contributed by atoms with Gasteiger partial charge in [-0.05, 0) is 25.7 Å². The van der Waals surface area contributed by atoms with Gasteiger partial charge in [0.1, 0.15) is 0 Å². The van der Waals surface area contributed by atoms with Crippen LogP contribution in [0.4, 0.5) is 0 Å². The lowest BCUT2D eigenvalue weighted by molar-refractivity contribution is 0.173. The van der Waals surface area contributed by atoms with Crippen molar-refractivity contribution in [3.63, 3.8) is 0 Å². The zero-order valence-electron chi connectivity index (χ0n) is 11.4. The van der Waals surface area contributed by atoms with E-state index in [4.69, 9.17) is 0 Å². The van der Waals surface area contributed by atoms with Gasteiger partial charge in [-0.2, -0.15) is 0 Å². The highest BCUT2D eigenvalue weighted by atomic mass is 16.3. The van der Waals surface area contributed by atoms with Crippen LogP contribution in [0.1, 0.15) is 44.6 Å². The molecule has 0 aliphatic carbocycles. The lowest BCUT2D eigenvalue weighted by Gasteiger charge is -2.35. The van der Waals surface area contributed by atoms with Crippen LogP contribution in [0, 0.1) is 19.3 Å². The minimum Gasteiger partial charge on any atom is -0.396 e. The molecule has 3 heteroatoms. The van der Waals surface area contributed by atoms with Gasteiger partial charge < -0.3 is 9.67 Å². The number of pyridine rings is 1. The Hall–Kier alpha value is -1.09. The Morgan fingerprint density at radius 2 is 1.71 bits per heavy atom. The first-order valence-corrected chi connectivity index (χ1v) is 6.08. The van der Waals surface area contributed by atoms with Crippen LogP contribution in [0.25, 0.3) is 0 Å². The summed E-state index contributed by atoms with van der Waals surface area (Å²) in [5.74, 6) is 0. The van der Waals surface area contributed by atoms with Crippen LogP contribution in [0.15, 0.2) is 16.9 Å². The second kappa shape index (κ2) is 5.05. The summed E-state index contributed by atoms with van der Waals surface area (Å²) < 4.78 is 2.16. The van der Waals surface area contributed by atoms with E-state index in [2.05, 4.69) is 25.3 Å². The minimum atomic E-state index is 0.0489. The number of aliphatic hydroxyl groups excluding tert-OH is 1. The molecule has 1 unspecified atom stereocenters. The van der Waals surface area contributed by atoms with Gasteiger partial charge in [-0.1, -0.05) is 20.8 Å². The van der Waals surface area contributed by atoms with Crippen LogP contribution < -0.4 is 5.43 Å². The first-order chi connectivity index (χ1) is 7.77. The van der Waals surface area contributed by atoms with E-state index in [-0.39, 0.29) is 23.5 Å². The standard InChI is InChI=1S/C14H23NO2/c1-10-8-12(17)9-11(2)15(10)13(6-7-16)14(3,4)5/h8-9,13,16H,6-7H2,1-5H3. The third-order valence-electron chi connectivity index (χ3n) is 3.18. The molecular weight excluding hydrogens is 214 g/mol. The van der Waals surface area contributed by atoms with Gasteiger partial charge >= 0.3 is 0 Å². The molecule has 0 fully saturated rings. The molecule has 1 atom stereocenters. The van der Waals surface area contributed by atoms with Gasteiger partial charge in [0.25, 0.3) is 0 Å². The van der Waals surface area contributed by atoms with E-state index in [0.717, 1.165) is 11.4 Å². The molecular formula is C14H23NO2. The fraction of sp³-hybridized carbons (Fsp3) is 0.643. The lowest BCUT2D eigenvalue weighted by atomic mass is 9.84. The monoisotopic (exact) mass is 237 g/mol. The summed E-state index contributed by atoms with van der Waals surface area (Å²) in [4.78, 5) is 11.4. The second-order valence-electron chi connectivity index (χ2n) is 5.74. The van der Waals surface area contributed by atoms with E-state index < -0.39 is 0 Å². The Morgan fingerprint density at radius 1 is 1.24 bits per heavy atom. The average molecular weight is 237 g/mol. The summed E-state index contributed by atoms with van der Waals surface area (Å²) in [5.41, 5.74) is 2.02. The maximum atomic E-state index is 11.4. The first kappa shape index (κ1) is 14.0. The Labute approximate surface area is 103 Å². The van der Waals surface area contributed by atoms with E-state index in [1.165, 1.54) is 0 Å². The predicted molar refractivity (Wildman–Crippen MR) is 70.4 cm³/mol. The zero-order valence-corrected chi connectivity index (χ0v) is 11.4. The highest BCUT2D eigenvalue weighted by molar-refractivity contribution is 5.14. The first-order valence-electron chi connectivity index (χ1n) is 6.08. The molecule has 0 spiro atoms. The molecule has 0 saturated heterocycles. The van der Waals surface area contributed by atoms with Crippen molar-refractivity contribution >= 4 is 0 Å². The molecule has 3 nitrogen and oxygen atoms in total. The van der Waals surface area contributed by atoms with Gasteiger partial charge in [0.05, 0.1) is 0 Å². The summed E-state index contributed by atoms with van der Waals surface area (Å²) in [6.07, 6.45) is 0.702.